The van der Waals surface area contributed by atoms with Crippen LogP contribution in [0.4, 0.5) is 0 Å². The molecule has 0 radical (unpaired) electrons. The lowest BCUT2D eigenvalue weighted by molar-refractivity contribution is 0.898. The highest BCUT2D eigenvalue weighted by molar-refractivity contribution is 8.88. The van der Waals surface area contributed by atoms with Gasteiger partial charge in [0, 0.05) is 12.5 Å². The van der Waals surface area contributed by atoms with Crippen LogP contribution in [0.15, 0.2) is 30.3 Å². The molecule has 0 bridgehead atoms. The van der Waals surface area contributed by atoms with E-state index in [2.05, 4.69) is 66.9 Å². The molecule has 0 nitrogen and oxygen atoms in total. The van der Waals surface area contributed by atoms with Gasteiger partial charge in [-0.1, -0.05) is 57.0 Å². The highest BCUT2D eigenvalue weighted by Gasteiger charge is 2.10. The van der Waals surface area contributed by atoms with Crippen LogP contribution in [0.3, 0.4) is 0 Å². The topological polar surface area (TPSA) is 0 Å². The summed E-state index contributed by atoms with van der Waals surface area (Å²) in [5.74, 6) is 2.68. The summed E-state index contributed by atoms with van der Waals surface area (Å²) >= 11 is 4.44. The lowest BCUT2D eigenvalue weighted by Gasteiger charge is -2.16. The number of benzene rings is 1. The maximum absolute atomic E-state index is 2.28. The average Bonchev–Trinajstić information content (AvgIpc) is 2.40. The van der Waals surface area contributed by atoms with E-state index in [-0.39, 0.29) is 6.33 Å². The maximum Gasteiger partial charge on any atom is 0.0166 e. The van der Waals surface area contributed by atoms with Crippen LogP contribution in [0.1, 0.15) is 45.1 Å². The summed E-state index contributed by atoms with van der Waals surface area (Å²) in [6, 6.07) is 11.0. The Bertz CT molecular complexity index is 280. The fourth-order valence-electron chi connectivity index (χ4n) is 1.48. The van der Waals surface area contributed by atoms with Crippen LogP contribution in [-0.4, -0.2) is 11.5 Å². The SMILES string of the molecule is CCCCSP(Cc1ccccc1)SCCCC. The van der Waals surface area contributed by atoms with Crippen LogP contribution >= 0.6 is 29.1 Å². The Morgan fingerprint density at radius 3 is 1.94 bits per heavy atom. The molecule has 1 aromatic carbocycles. The molecule has 0 heterocycles. The number of rotatable bonds is 10. The standard InChI is InChI=1S/C15H25PS2/c1-3-5-12-17-16(18-13-6-4-2)14-15-10-8-7-9-11-15/h7-11H,3-6,12-14H2,1-2H3. The third-order valence-electron chi connectivity index (χ3n) is 2.62. The van der Waals surface area contributed by atoms with Gasteiger partial charge in [-0.3, -0.25) is 0 Å². The summed E-state index contributed by atoms with van der Waals surface area (Å²) in [5.41, 5.74) is 1.51. The first-order chi connectivity index (χ1) is 8.86. The predicted octanol–water partition coefficient (Wildman–Crippen LogP) is 6.57. The summed E-state index contributed by atoms with van der Waals surface area (Å²) in [6.45, 7) is 4.56. The second-order valence-corrected chi connectivity index (χ2v) is 11.6. The smallest absolute Gasteiger partial charge is 0.0166 e. The molecular weight excluding hydrogens is 275 g/mol. The maximum atomic E-state index is 2.28. The van der Waals surface area contributed by atoms with Crippen LogP contribution in [0, 0.1) is 0 Å². The number of hydrogen-bond donors (Lipinski definition) is 0. The molecule has 0 N–H and O–H groups in total. The minimum atomic E-state index is 0.0732. The van der Waals surface area contributed by atoms with E-state index in [0.29, 0.717) is 0 Å². The normalized spacial score (nSPS) is 11.1. The fraction of sp³-hybridized carbons (Fsp3) is 0.600. The lowest BCUT2D eigenvalue weighted by atomic mass is 10.2. The summed E-state index contributed by atoms with van der Waals surface area (Å²) < 4.78 is 0. The first-order valence-electron chi connectivity index (χ1n) is 6.94. The molecule has 0 aliphatic rings. The van der Waals surface area contributed by atoms with Crippen LogP contribution in [-0.2, 0) is 6.16 Å². The highest BCUT2D eigenvalue weighted by Crippen LogP contribution is 2.63. The van der Waals surface area contributed by atoms with Gasteiger partial charge in [0.25, 0.3) is 0 Å². The van der Waals surface area contributed by atoms with Gasteiger partial charge < -0.3 is 0 Å². The van der Waals surface area contributed by atoms with Crippen molar-refractivity contribution in [2.45, 2.75) is 45.7 Å². The first kappa shape index (κ1) is 16.4. The van der Waals surface area contributed by atoms with Crippen LogP contribution < -0.4 is 0 Å². The Morgan fingerprint density at radius 1 is 0.889 bits per heavy atom. The van der Waals surface area contributed by atoms with Crippen molar-refractivity contribution in [2.75, 3.05) is 11.5 Å². The molecule has 18 heavy (non-hydrogen) atoms. The van der Waals surface area contributed by atoms with E-state index in [9.17, 15) is 0 Å². The Labute approximate surface area is 122 Å². The zero-order valence-corrected chi connectivity index (χ0v) is 14.1. The molecule has 0 saturated heterocycles. The number of unbranched alkanes of at least 4 members (excludes halogenated alkanes) is 2. The lowest BCUT2D eigenvalue weighted by Crippen LogP contribution is -1.83. The third kappa shape index (κ3) is 7.71. The van der Waals surface area contributed by atoms with Crippen LogP contribution in [0.2, 0.25) is 0 Å². The molecule has 3 heteroatoms. The van der Waals surface area contributed by atoms with E-state index in [1.807, 2.05) is 0 Å². The second-order valence-electron chi connectivity index (χ2n) is 4.35. The van der Waals surface area contributed by atoms with Crippen molar-refractivity contribution in [1.29, 1.82) is 0 Å². The third-order valence-corrected chi connectivity index (χ3v) is 10.3. The minimum Gasteiger partial charge on any atom is -0.122 e. The Hall–Kier alpha value is 0.350. The zero-order valence-electron chi connectivity index (χ0n) is 11.6. The quantitative estimate of drug-likeness (QED) is 0.354. The molecule has 1 rings (SSSR count). The monoisotopic (exact) mass is 300 g/mol. The van der Waals surface area contributed by atoms with Gasteiger partial charge in [-0.2, -0.15) is 0 Å². The van der Waals surface area contributed by atoms with Crippen LogP contribution in [0.5, 0.6) is 0 Å². The van der Waals surface area contributed by atoms with Crippen molar-refractivity contribution in [3.8, 4) is 0 Å². The molecule has 0 aliphatic carbocycles. The molecular formula is C15H25PS2. The average molecular weight is 300 g/mol. The van der Waals surface area contributed by atoms with Crippen molar-refractivity contribution in [1.82, 2.24) is 0 Å². The van der Waals surface area contributed by atoms with Gasteiger partial charge in [0.2, 0.25) is 0 Å². The van der Waals surface area contributed by atoms with Gasteiger partial charge >= 0.3 is 0 Å². The van der Waals surface area contributed by atoms with Gasteiger partial charge in [-0.05, 0) is 29.9 Å². The van der Waals surface area contributed by atoms with Crippen molar-refractivity contribution < 1.29 is 0 Å². The molecule has 0 unspecified atom stereocenters. The molecule has 0 spiro atoms. The minimum absolute atomic E-state index is 0.0732. The second kappa shape index (κ2) is 11.2. The van der Waals surface area contributed by atoms with Crippen LogP contribution in [0.25, 0.3) is 0 Å². The van der Waals surface area contributed by atoms with Crippen molar-refractivity contribution in [3.63, 3.8) is 0 Å². The molecule has 0 saturated carbocycles. The van der Waals surface area contributed by atoms with Gasteiger partial charge in [-0.15, -0.1) is 22.8 Å². The fourth-order valence-corrected chi connectivity index (χ4v) is 9.17. The summed E-state index contributed by atoms with van der Waals surface area (Å²) in [4.78, 5) is 0. The Morgan fingerprint density at radius 2 is 1.44 bits per heavy atom. The first-order valence-corrected chi connectivity index (χ1v) is 11.6. The van der Waals surface area contributed by atoms with Crippen molar-refractivity contribution in [3.05, 3.63) is 35.9 Å². The van der Waals surface area contributed by atoms with E-state index in [0.717, 1.165) is 0 Å². The predicted molar refractivity (Wildman–Crippen MR) is 91.8 cm³/mol. The van der Waals surface area contributed by atoms with Gasteiger partial charge in [0.05, 0.1) is 0 Å². The Balaban J connectivity index is 2.37. The number of hydrogen-bond acceptors (Lipinski definition) is 2. The molecule has 102 valence electrons. The Kier molecular flexibility index (Phi) is 10.2. The molecule has 0 atom stereocenters. The van der Waals surface area contributed by atoms with E-state index in [1.54, 1.807) is 0 Å². The summed E-state index contributed by atoms with van der Waals surface area (Å²) in [6.07, 6.45) is 6.73. The highest BCUT2D eigenvalue weighted by atomic mass is 33.1. The molecule has 0 aromatic heterocycles. The van der Waals surface area contributed by atoms with E-state index in [4.69, 9.17) is 0 Å². The molecule has 0 fully saturated rings. The van der Waals surface area contributed by atoms with Gasteiger partial charge in [0.1, 0.15) is 0 Å². The summed E-state index contributed by atoms with van der Waals surface area (Å²) in [5, 5.41) is 0. The largest absolute Gasteiger partial charge is 0.122 e. The molecule has 0 amide bonds. The van der Waals surface area contributed by atoms with Crippen molar-refractivity contribution >= 4 is 29.1 Å². The van der Waals surface area contributed by atoms with Gasteiger partial charge in [-0.25, -0.2) is 0 Å². The van der Waals surface area contributed by atoms with Crippen molar-refractivity contribution in [2.24, 2.45) is 0 Å². The summed E-state index contributed by atoms with van der Waals surface area (Å²) in [7, 11) is 0. The molecule has 0 aliphatic heterocycles. The molecule has 1 aromatic rings. The van der Waals surface area contributed by atoms with E-state index >= 15 is 0 Å². The van der Waals surface area contributed by atoms with E-state index < -0.39 is 0 Å². The van der Waals surface area contributed by atoms with E-state index in [1.165, 1.54) is 48.9 Å². The zero-order chi connectivity index (χ0) is 13.1. The van der Waals surface area contributed by atoms with Gasteiger partial charge in [0.15, 0.2) is 0 Å².